The van der Waals surface area contributed by atoms with E-state index in [0.717, 1.165) is 19.3 Å². The second kappa shape index (κ2) is 5.57. The van der Waals surface area contributed by atoms with Gasteiger partial charge in [0.1, 0.15) is 5.54 Å². The first-order valence-electron chi connectivity index (χ1n) is 9.92. The van der Waals surface area contributed by atoms with Gasteiger partial charge in [0.2, 0.25) is 5.91 Å². The van der Waals surface area contributed by atoms with Gasteiger partial charge in [-0.25, -0.2) is 4.79 Å². The third-order valence-electron chi connectivity index (χ3n) is 7.26. The van der Waals surface area contributed by atoms with Crippen LogP contribution in [0.4, 0.5) is 10.5 Å². The van der Waals surface area contributed by atoms with E-state index in [0.29, 0.717) is 29.0 Å². The van der Waals surface area contributed by atoms with Crippen LogP contribution in [-0.4, -0.2) is 17.8 Å². The molecule has 0 spiro atoms. The fourth-order valence-electron chi connectivity index (χ4n) is 6.31. The number of nitrogens with one attached hydrogen (secondary N) is 3. The summed E-state index contributed by atoms with van der Waals surface area (Å²) in [7, 11) is 0. The van der Waals surface area contributed by atoms with Crippen molar-refractivity contribution in [3.63, 3.8) is 0 Å². The highest BCUT2D eigenvalue weighted by Crippen LogP contribution is 2.60. The number of amides is 4. The Morgan fingerprint density at radius 3 is 2.26 bits per heavy atom. The van der Waals surface area contributed by atoms with Crippen molar-refractivity contribution in [2.75, 3.05) is 5.32 Å². The Morgan fingerprint density at radius 1 is 1.07 bits per heavy atom. The van der Waals surface area contributed by atoms with Crippen molar-refractivity contribution in [2.45, 2.75) is 51.0 Å². The van der Waals surface area contributed by atoms with E-state index in [1.807, 2.05) is 12.1 Å². The van der Waals surface area contributed by atoms with Crippen LogP contribution in [0.5, 0.6) is 0 Å². The molecule has 4 saturated carbocycles. The summed E-state index contributed by atoms with van der Waals surface area (Å²) in [6.07, 6.45) is 6.95. The summed E-state index contributed by atoms with van der Waals surface area (Å²) in [5, 5.41) is 8.07. The lowest BCUT2D eigenvalue weighted by Gasteiger charge is -2.55. The van der Waals surface area contributed by atoms with Crippen molar-refractivity contribution in [1.29, 1.82) is 0 Å². The molecule has 5 aliphatic rings. The van der Waals surface area contributed by atoms with Crippen LogP contribution in [0, 0.1) is 23.2 Å². The molecule has 1 aromatic carbocycles. The van der Waals surface area contributed by atoms with Crippen LogP contribution in [0.15, 0.2) is 24.3 Å². The highest BCUT2D eigenvalue weighted by Gasteiger charge is 2.54. The normalized spacial score (nSPS) is 39.2. The quantitative estimate of drug-likeness (QED) is 0.718. The number of imide groups is 1. The Kier molecular flexibility index (Phi) is 3.46. The minimum atomic E-state index is -1.11. The van der Waals surface area contributed by atoms with Gasteiger partial charge in [-0.2, -0.15) is 0 Å². The lowest BCUT2D eigenvalue weighted by atomic mass is 9.49. The lowest BCUT2D eigenvalue weighted by molar-refractivity contribution is -0.140. The largest absolute Gasteiger partial charge is 0.326 e. The fourth-order valence-corrected chi connectivity index (χ4v) is 6.31. The van der Waals surface area contributed by atoms with Gasteiger partial charge in [-0.15, -0.1) is 0 Å². The molecule has 1 saturated heterocycles. The summed E-state index contributed by atoms with van der Waals surface area (Å²) < 4.78 is 0. The number of hydrogen-bond acceptors (Lipinski definition) is 3. The summed E-state index contributed by atoms with van der Waals surface area (Å²) in [4.78, 5) is 37.0. The van der Waals surface area contributed by atoms with Crippen molar-refractivity contribution in [1.82, 2.24) is 10.6 Å². The Morgan fingerprint density at radius 2 is 1.70 bits per heavy atom. The maximum absolute atomic E-state index is 13.2. The molecule has 142 valence electrons. The molecule has 1 heterocycles. The van der Waals surface area contributed by atoms with E-state index in [1.54, 1.807) is 19.1 Å². The average Bonchev–Trinajstić information content (AvgIpc) is 2.87. The third-order valence-corrected chi connectivity index (χ3v) is 7.26. The molecule has 0 aromatic heterocycles. The smallest absolute Gasteiger partial charge is 0.322 e. The first-order valence-corrected chi connectivity index (χ1v) is 9.92. The van der Waals surface area contributed by atoms with Crippen molar-refractivity contribution in [3.8, 4) is 0 Å². The molecule has 6 heteroatoms. The summed E-state index contributed by atoms with van der Waals surface area (Å²) >= 11 is 0. The molecule has 6 rings (SSSR count). The van der Waals surface area contributed by atoms with Crippen molar-refractivity contribution >= 4 is 23.5 Å². The third kappa shape index (κ3) is 2.57. The first-order chi connectivity index (χ1) is 12.9. The predicted molar refractivity (Wildman–Crippen MR) is 99.7 cm³/mol. The molecule has 6 nitrogen and oxygen atoms in total. The molecule has 3 N–H and O–H groups in total. The minimum Gasteiger partial charge on any atom is -0.326 e. The first kappa shape index (κ1) is 16.8. The van der Waals surface area contributed by atoms with Gasteiger partial charge in [0, 0.05) is 5.69 Å². The summed E-state index contributed by atoms with van der Waals surface area (Å²) in [5.74, 6) is 1.89. The van der Waals surface area contributed by atoms with Crippen LogP contribution in [0.2, 0.25) is 0 Å². The number of benzene rings is 1. The summed E-state index contributed by atoms with van der Waals surface area (Å²) in [5.41, 5.74) is 0.0177. The SMILES string of the molecule is C[C@]1(c2cccc(NC(=O)C34CC5CC(CC(C5)C3)C4)c2)NC(=O)NC1=O. The lowest BCUT2D eigenvalue weighted by Crippen LogP contribution is -2.51. The molecule has 1 aliphatic heterocycles. The zero-order valence-electron chi connectivity index (χ0n) is 15.5. The number of carbonyl (C=O) groups is 3. The molecule has 4 bridgehead atoms. The predicted octanol–water partition coefficient (Wildman–Crippen LogP) is 2.90. The molecule has 1 atom stereocenters. The van der Waals surface area contributed by atoms with Gasteiger partial charge in [-0.05, 0) is 80.9 Å². The number of anilines is 1. The monoisotopic (exact) mass is 367 g/mol. The average molecular weight is 367 g/mol. The van der Waals surface area contributed by atoms with Crippen molar-refractivity contribution in [2.24, 2.45) is 23.2 Å². The van der Waals surface area contributed by atoms with E-state index in [4.69, 9.17) is 0 Å². The fraction of sp³-hybridized carbons (Fsp3) is 0.571. The second-order valence-electron chi connectivity index (χ2n) is 9.27. The van der Waals surface area contributed by atoms with Crippen LogP contribution in [0.1, 0.15) is 51.0 Å². The minimum absolute atomic E-state index is 0.129. The van der Waals surface area contributed by atoms with Crippen LogP contribution >= 0.6 is 0 Å². The van der Waals surface area contributed by atoms with E-state index in [1.165, 1.54) is 19.3 Å². The van der Waals surface area contributed by atoms with Crippen molar-refractivity contribution in [3.05, 3.63) is 29.8 Å². The van der Waals surface area contributed by atoms with E-state index < -0.39 is 11.6 Å². The molecule has 27 heavy (non-hydrogen) atoms. The van der Waals surface area contributed by atoms with Gasteiger partial charge in [-0.3, -0.25) is 14.9 Å². The molecule has 4 aliphatic carbocycles. The maximum Gasteiger partial charge on any atom is 0.322 e. The van der Waals surface area contributed by atoms with Gasteiger partial charge in [0.25, 0.3) is 5.91 Å². The molecule has 0 unspecified atom stereocenters. The summed E-state index contributed by atoms with van der Waals surface area (Å²) in [6, 6.07) is 6.76. The molecule has 0 radical (unpaired) electrons. The van der Waals surface area contributed by atoms with Crippen LogP contribution < -0.4 is 16.0 Å². The van der Waals surface area contributed by atoms with E-state index >= 15 is 0 Å². The van der Waals surface area contributed by atoms with Crippen LogP contribution in [-0.2, 0) is 15.1 Å². The highest BCUT2D eigenvalue weighted by molar-refractivity contribution is 6.07. The maximum atomic E-state index is 13.2. The van der Waals surface area contributed by atoms with Gasteiger partial charge in [-0.1, -0.05) is 12.1 Å². The molecular weight excluding hydrogens is 342 g/mol. The number of hydrogen-bond donors (Lipinski definition) is 3. The molecule has 5 fully saturated rings. The molecule has 4 amide bonds. The number of urea groups is 1. The van der Waals surface area contributed by atoms with Gasteiger partial charge in [0.15, 0.2) is 0 Å². The highest BCUT2D eigenvalue weighted by atomic mass is 16.2. The Balaban J connectivity index is 1.38. The van der Waals surface area contributed by atoms with Crippen molar-refractivity contribution < 1.29 is 14.4 Å². The Hall–Kier alpha value is -2.37. The molecular formula is C21H25N3O3. The zero-order chi connectivity index (χ0) is 18.8. The van der Waals surface area contributed by atoms with Gasteiger partial charge < -0.3 is 10.6 Å². The second-order valence-corrected chi connectivity index (χ2v) is 9.27. The van der Waals surface area contributed by atoms with Gasteiger partial charge in [0.05, 0.1) is 5.41 Å². The Labute approximate surface area is 158 Å². The Bertz CT molecular complexity index is 814. The summed E-state index contributed by atoms with van der Waals surface area (Å²) in [6.45, 7) is 1.67. The van der Waals surface area contributed by atoms with Crippen LogP contribution in [0.3, 0.4) is 0 Å². The zero-order valence-corrected chi connectivity index (χ0v) is 15.5. The number of carbonyl (C=O) groups excluding carboxylic acids is 3. The van der Waals surface area contributed by atoms with Crippen LogP contribution in [0.25, 0.3) is 0 Å². The number of rotatable bonds is 3. The standard InChI is InChI=1S/C21H25N3O3/c1-20(17(25)23-19(27)24-20)15-3-2-4-16(8-15)22-18(26)21-9-12-5-13(10-21)7-14(6-12)11-21/h2-4,8,12-14H,5-7,9-11H2,1H3,(H,22,26)(H2,23,24,25,27)/t12?,13?,14?,20-,21?/m1/s1. The molecule has 1 aromatic rings. The topological polar surface area (TPSA) is 87.3 Å². The van der Waals surface area contributed by atoms with E-state index in [9.17, 15) is 14.4 Å². The van der Waals surface area contributed by atoms with E-state index in [-0.39, 0.29) is 17.2 Å². The van der Waals surface area contributed by atoms with Gasteiger partial charge >= 0.3 is 6.03 Å². The van der Waals surface area contributed by atoms with E-state index in [2.05, 4.69) is 16.0 Å².